The van der Waals surface area contributed by atoms with Crippen LogP contribution < -0.4 is 5.32 Å². The maximum atomic E-state index is 9.35. The minimum absolute atomic E-state index is 0.255. The summed E-state index contributed by atoms with van der Waals surface area (Å²) < 4.78 is 3.60. The van der Waals surface area contributed by atoms with E-state index in [2.05, 4.69) is 15.5 Å². The molecule has 1 aromatic carbocycles. The maximum Gasteiger partial charge on any atom is 0.0961 e. The number of hydrogen-bond acceptors (Lipinski definition) is 5. The van der Waals surface area contributed by atoms with Crippen LogP contribution in [-0.2, 0) is 7.05 Å². The van der Waals surface area contributed by atoms with Crippen molar-refractivity contribution in [2.75, 3.05) is 18.5 Å². The number of rotatable bonds is 6. The van der Waals surface area contributed by atoms with E-state index >= 15 is 0 Å². The summed E-state index contributed by atoms with van der Waals surface area (Å²) >= 11 is 0. The first-order valence-corrected chi connectivity index (χ1v) is 7.76. The van der Waals surface area contributed by atoms with Crippen LogP contribution >= 0.6 is 0 Å². The van der Waals surface area contributed by atoms with Gasteiger partial charge in [0.1, 0.15) is 0 Å². The Morgan fingerprint density at radius 3 is 2.54 bits per heavy atom. The smallest absolute Gasteiger partial charge is 0.0961 e. The van der Waals surface area contributed by atoms with Crippen molar-refractivity contribution in [3.05, 3.63) is 48.4 Å². The van der Waals surface area contributed by atoms with Crippen LogP contribution in [-0.4, -0.2) is 49.0 Å². The molecule has 24 heavy (non-hydrogen) atoms. The molecule has 2 heterocycles. The van der Waals surface area contributed by atoms with Crippen molar-refractivity contribution in [2.45, 2.75) is 13.0 Å². The lowest BCUT2D eigenvalue weighted by molar-refractivity contribution is 0.105. The van der Waals surface area contributed by atoms with Crippen LogP contribution in [0.5, 0.6) is 0 Å². The molecule has 0 aliphatic rings. The lowest BCUT2D eigenvalue weighted by Gasteiger charge is -2.10. The zero-order valence-corrected chi connectivity index (χ0v) is 13.7. The van der Waals surface area contributed by atoms with Gasteiger partial charge in [-0.3, -0.25) is 4.68 Å². The number of nitrogens with one attached hydrogen (secondary N) is 1. The Labute approximate surface area is 140 Å². The quantitative estimate of drug-likeness (QED) is 0.636. The molecule has 7 heteroatoms. The van der Waals surface area contributed by atoms with Crippen molar-refractivity contribution in [2.24, 2.45) is 7.05 Å². The molecule has 0 saturated heterocycles. The molecule has 3 aromatic rings. The molecule has 1 unspecified atom stereocenters. The lowest BCUT2D eigenvalue weighted by Crippen LogP contribution is -2.22. The van der Waals surface area contributed by atoms with Gasteiger partial charge >= 0.3 is 0 Å². The first-order chi connectivity index (χ1) is 11.6. The van der Waals surface area contributed by atoms with E-state index in [1.165, 1.54) is 0 Å². The summed E-state index contributed by atoms with van der Waals surface area (Å²) in [5.74, 6) is 0. The Morgan fingerprint density at radius 1 is 1.17 bits per heavy atom. The molecule has 0 bridgehead atoms. The number of hydrogen-bond donors (Lipinski definition) is 3. The number of anilines is 1. The summed E-state index contributed by atoms with van der Waals surface area (Å²) in [6.45, 7) is 2.02. The van der Waals surface area contributed by atoms with Crippen LogP contribution in [0.25, 0.3) is 16.9 Å². The van der Waals surface area contributed by atoms with Gasteiger partial charge in [0.2, 0.25) is 0 Å². The zero-order valence-electron chi connectivity index (χ0n) is 13.7. The Hall–Kier alpha value is -2.64. The average Bonchev–Trinajstić information content (AvgIpc) is 3.19. The fraction of sp³-hybridized carbons (Fsp3) is 0.294. The highest BCUT2D eigenvalue weighted by Crippen LogP contribution is 2.21. The Kier molecular flexibility index (Phi) is 4.64. The predicted octanol–water partition coefficient (Wildman–Crippen LogP) is 1.35. The predicted molar refractivity (Wildman–Crippen MR) is 92.1 cm³/mol. The summed E-state index contributed by atoms with van der Waals surface area (Å²) in [5, 5.41) is 30.2. The van der Waals surface area contributed by atoms with Gasteiger partial charge < -0.3 is 15.5 Å². The van der Waals surface area contributed by atoms with Crippen LogP contribution in [0.1, 0.15) is 5.69 Å². The van der Waals surface area contributed by atoms with E-state index in [4.69, 9.17) is 5.11 Å². The number of aliphatic hydroxyl groups is 2. The van der Waals surface area contributed by atoms with Crippen molar-refractivity contribution in [3.8, 4) is 16.9 Å². The van der Waals surface area contributed by atoms with E-state index in [0.717, 1.165) is 28.3 Å². The van der Waals surface area contributed by atoms with Gasteiger partial charge in [-0.15, -0.1) is 0 Å². The van der Waals surface area contributed by atoms with Gasteiger partial charge in [0, 0.05) is 37.2 Å². The summed E-state index contributed by atoms with van der Waals surface area (Å²) in [6.07, 6.45) is 3.11. The molecular weight excluding hydrogens is 306 g/mol. The zero-order chi connectivity index (χ0) is 17.1. The lowest BCUT2D eigenvalue weighted by atomic mass is 10.2. The standard InChI is InChI=1S/C17H21N5O2/c1-12-16(10-21(2)19-12)17-7-8-22(20-17)14-5-3-13(4-6-14)18-9-15(24)11-23/h3-8,10,15,18,23-24H,9,11H2,1-2H3. The molecule has 0 fully saturated rings. The molecule has 0 aliphatic heterocycles. The highest BCUT2D eigenvalue weighted by molar-refractivity contribution is 5.61. The molecule has 2 aromatic heterocycles. The van der Waals surface area contributed by atoms with Gasteiger partial charge in [0.05, 0.1) is 29.8 Å². The topological polar surface area (TPSA) is 88.1 Å². The van der Waals surface area contributed by atoms with E-state index < -0.39 is 6.10 Å². The normalized spacial score (nSPS) is 12.3. The monoisotopic (exact) mass is 327 g/mol. The largest absolute Gasteiger partial charge is 0.394 e. The molecule has 7 nitrogen and oxygen atoms in total. The highest BCUT2D eigenvalue weighted by atomic mass is 16.3. The van der Waals surface area contributed by atoms with Gasteiger partial charge in [-0.25, -0.2) is 4.68 Å². The summed E-state index contributed by atoms with van der Waals surface area (Å²) in [4.78, 5) is 0. The van der Waals surface area contributed by atoms with Crippen LogP contribution in [0, 0.1) is 6.92 Å². The number of benzene rings is 1. The summed E-state index contributed by atoms with van der Waals surface area (Å²) in [5.41, 5.74) is 4.67. The third kappa shape index (κ3) is 3.47. The third-order valence-electron chi connectivity index (χ3n) is 3.76. The first-order valence-electron chi connectivity index (χ1n) is 7.76. The second-order valence-electron chi connectivity index (χ2n) is 5.71. The fourth-order valence-corrected chi connectivity index (χ4v) is 2.49. The van der Waals surface area contributed by atoms with Crippen LogP contribution in [0.3, 0.4) is 0 Å². The van der Waals surface area contributed by atoms with Gasteiger partial charge in [-0.1, -0.05) is 0 Å². The van der Waals surface area contributed by atoms with Gasteiger partial charge in [0.15, 0.2) is 0 Å². The molecule has 1 atom stereocenters. The fourth-order valence-electron chi connectivity index (χ4n) is 2.49. The average molecular weight is 327 g/mol. The van der Waals surface area contributed by atoms with E-state index in [-0.39, 0.29) is 6.61 Å². The minimum Gasteiger partial charge on any atom is -0.394 e. The Balaban J connectivity index is 1.74. The molecule has 126 valence electrons. The molecule has 0 aliphatic carbocycles. The van der Waals surface area contributed by atoms with E-state index in [1.807, 2.05) is 61.4 Å². The second kappa shape index (κ2) is 6.86. The van der Waals surface area contributed by atoms with Gasteiger partial charge in [0.25, 0.3) is 0 Å². The Bertz CT molecular complexity index is 807. The van der Waals surface area contributed by atoms with Gasteiger partial charge in [-0.05, 0) is 37.3 Å². The molecule has 0 radical (unpaired) electrons. The van der Waals surface area contributed by atoms with Crippen molar-refractivity contribution in [1.29, 1.82) is 0 Å². The van der Waals surface area contributed by atoms with Crippen LogP contribution in [0.2, 0.25) is 0 Å². The molecule has 0 saturated carbocycles. The Morgan fingerprint density at radius 2 is 1.92 bits per heavy atom. The van der Waals surface area contributed by atoms with Crippen LogP contribution in [0.15, 0.2) is 42.7 Å². The van der Waals surface area contributed by atoms with Gasteiger partial charge in [-0.2, -0.15) is 10.2 Å². The number of aromatic nitrogens is 4. The van der Waals surface area contributed by atoms with Crippen molar-refractivity contribution in [1.82, 2.24) is 19.6 Å². The molecule has 3 rings (SSSR count). The van der Waals surface area contributed by atoms with Crippen LogP contribution in [0.4, 0.5) is 5.69 Å². The first kappa shape index (κ1) is 16.2. The van der Waals surface area contributed by atoms with Crippen molar-refractivity contribution < 1.29 is 10.2 Å². The van der Waals surface area contributed by atoms with Crippen molar-refractivity contribution in [3.63, 3.8) is 0 Å². The minimum atomic E-state index is -0.763. The molecule has 0 amide bonds. The van der Waals surface area contributed by atoms with E-state index in [0.29, 0.717) is 6.54 Å². The number of nitrogens with zero attached hydrogens (tertiary/aromatic N) is 4. The van der Waals surface area contributed by atoms with Crippen molar-refractivity contribution >= 4 is 5.69 Å². The number of aliphatic hydroxyl groups excluding tert-OH is 2. The maximum absolute atomic E-state index is 9.35. The van der Waals surface area contributed by atoms with E-state index in [9.17, 15) is 5.11 Å². The SMILES string of the molecule is Cc1nn(C)cc1-c1ccn(-c2ccc(NCC(O)CO)cc2)n1. The van der Waals surface area contributed by atoms with E-state index in [1.54, 1.807) is 4.68 Å². The summed E-state index contributed by atoms with van der Waals surface area (Å²) in [7, 11) is 1.90. The third-order valence-corrected chi connectivity index (χ3v) is 3.76. The second-order valence-corrected chi connectivity index (χ2v) is 5.71. The molecule has 3 N–H and O–H groups in total. The summed E-state index contributed by atoms with van der Waals surface area (Å²) in [6, 6.07) is 9.68. The molecular formula is C17H21N5O2. The molecule has 0 spiro atoms. The number of aryl methyl sites for hydroxylation is 2. The highest BCUT2D eigenvalue weighted by Gasteiger charge is 2.10.